The lowest BCUT2D eigenvalue weighted by molar-refractivity contribution is 0.0965. The van der Waals surface area contributed by atoms with Crippen molar-refractivity contribution in [1.29, 1.82) is 0 Å². The topological polar surface area (TPSA) is 63.2 Å². The van der Waals surface area contributed by atoms with Crippen molar-refractivity contribution in [2.75, 3.05) is 11.9 Å². The van der Waals surface area contributed by atoms with Crippen molar-refractivity contribution in [1.82, 2.24) is 10.3 Å². The second-order valence-corrected chi connectivity index (χ2v) is 6.68. The molecular weight excluding hydrogens is 298 g/mol. The number of carbonyl (C=O) groups excluding carboxylic acids is 1. The molecule has 0 saturated carbocycles. The molecule has 1 amide bonds. The fourth-order valence-electron chi connectivity index (χ4n) is 2.93. The van der Waals surface area contributed by atoms with Gasteiger partial charge in [0.05, 0.1) is 6.54 Å². The van der Waals surface area contributed by atoms with Gasteiger partial charge in [0.1, 0.15) is 11.1 Å². The number of aromatic nitrogens is 1. The molecule has 114 valence electrons. The lowest BCUT2D eigenvalue weighted by atomic mass is 10.1. The third-order valence-corrected chi connectivity index (χ3v) is 5.17. The Morgan fingerprint density at radius 2 is 2.41 bits per heavy atom. The number of fused-ring (bicyclic) bond motifs is 1. The highest BCUT2D eigenvalue weighted by Crippen LogP contribution is 2.32. The molecule has 2 aromatic rings. The minimum atomic E-state index is 0.0112. The third kappa shape index (κ3) is 2.48. The standard InChI is InChI=1S/C16H17N3O2S/c20-15-11-3-1-4-13(12(11)9-18-15)17-7-10-8-19-16(22-10)14-5-2-6-21-14/h1,3-4,8,14,17H,2,5-7,9H2,(H,18,20). The van der Waals surface area contributed by atoms with Crippen LogP contribution in [0.3, 0.4) is 0 Å². The van der Waals surface area contributed by atoms with Crippen LogP contribution in [0.1, 0.15) is 44.8 Å². The number of hydrogen-bond acceptors (Lipinski definition) is 5. The van der Waals surface area contributed by atoms with Crippen LogP contribution in [0.2, 0.25) is 0 Å². The summed E-state index contributed by atoms with van der Waals surface area (Å²) < 4.78 is 5.67. The predicted octanol–water partition coefficient (Wildman–Crippen LogP) is 2.85. The highest BCUT2D eigenvalue weighted by atomic mass is 32.1. The minimum Gasteiger partial charge on any atom is -0.380 e. The average molecular weight is 315 g/mol. The van der Waals surface area contributed by atoms with Crippen molar-refractivity contribution >= 4 is 22.9 Å². The van der Waals surface area contributed by atoms with E-state index in [0.29, 0.717) is 6.54 Å². The molecule has 1 aromatic heterocycles. The Labute approximate surface area is 132 Å². The molecule has 1 unspecified atom stereocenters. The van der Waals surface area contributed by atoms with E-state index in [9.17, 15) is 4.79 Å². The molecule has 3 heterocycles. The van der Waals surface area contributed by atoms with E-state index in [2.05, 4.69) is 15.6 Å². The first kappa shape index (κ1) is 13.7. The summed E-state index contributed by atoms with van der Waals surface area (Å²) in [5, 5.41) is 7.36. The van der Waals surface area contributed by atoms with Crippen LogP contribution >= 0.6 is 11.3 Å². The van der Waals surface area contributed by atoms with Gasteiger partial charge in [0, 0.05) is 41.0 Å². The molecule has 2 aliphatic heterocycles. The van der Waals surface area contributed by atoms with Gasteiger partial charge in [0.2, 0.25) is 0 Å². The predicted molar refractivity (Wildman–Crippen MR) is 85.0 cm³/mol. The summed E-state index contributed by atoms with van der Waals surface area (Å²) in [5.74, 6) is 0.0112. The second kappa shape index (κ2) is 5.70. The number of carbonyl (C=O) groups is 1. The number of anilines is 1. The third-order valence-electron chi connectivity index (χ3n) is 4.08. The second-order valence-electron chi connectivity index (χ2n) is 5.53. The van der Waals surface area contributed by atoms with Crippen molar-refractivity contribution in [3.8, 4) is 0 Å². The van der Waals surface area contributed by atoms with Gasteiger partial charge in [-0.2, -0.15) is 0 Å². The molecule has 5 nitrogen and oxygen atoms in total. The highest BCUT2D eigenvalue weighted by Gasteiger charge is 2.22. The molecule has 4 rings (SSSR count). The van der Waals surface area contributed by atoms with Gasteiger partial charge in [0.15, 0.2) is 0 Å². The molecule has 1 atom stereocenters. The summed E-state index contributed by atoms with van der Waals surface area (Å²) in [7, 11) is 0. The van der Waals surface area contributed by atoms with E-state index < -0.39 is 0 Å². The van der Waals surface area contributed by atoms with Crippen LogP contribution in [0.4, 0.5) is 5.69 Å². The summed E-state index contributed by atoms with van der Waals surface area (Å²) >= 11 is 1.70. The Morgan fingerprint density at radius 1 is 1.45 bits per heavy atom. The average Bonchev–Trinajstić information content (AvgIpc) is 3.26. The van der Waals surface area contributed by atoms with Crippen LogP contribution < -0.4 is 10.6 Å². The zero-order valence-electron chi connectivity index (χ0n) is 12.1. The fourth-order valence-corrected chi connectivity index (χ4v) is 3.87. The fraction of sp³-hybridized carbons (Fsp3) is 0.375. The zero-order chi connectivity index (χ0) is 14.9. The van der Waals surface area contributed by atoms with Gasteiger partial charge in [-0.15, -0.1) is 11.3 Å². The van der Waals surface area contributed by atoms with Crippen molar-refractivity contribution in [3.63, 3.8) is 0 Å². The summed E-state index contributed by atoms with van der Waals surface area (Å²) in [4.78, 5) is 17.3. The number of rotatable bonds is 4. The number of hydrogen-bond donors (Lipinski definition) is 2. The molecule has 0 aliphatic carbocycles. The number of ether oxygens (including phenoxy) is 1. The molecule has 22 heavy (non-hydrogen) atoms. The lowest BCUT2D eigenvalue weighted by Gasteiger charge is -2.09. The Balaban J connectivity index is 1.46. The normalized spacial score (nSPS) is 20.0. The molecule has 0 bridgehead atoms. The maximum absolute atomic E-state index is 11.7. The van der Waals surface area contributed by atoms with E-state index in [0.717, 1.165) is 47.8 Å². The van der Waals surface area contributed by atoms with Gasteiger partial charge < -0.3 is 15.4 Å². The minimum absolute atomic E-state index is 0.0112. The molecule has 1 saturated heterocycles. The van der Waals surface area contributed by atoms with E-state index in [-0.39, 0.29) is 12.0 Å². The molecule has 2 aliphatic rings. The molecule has 2 N–H and O–H groups in total. The SMILES string of the molecule is O=C1NCc2c(NCc3cnc(C4CCCO4)s3)cccc21. The quantitative estimate of drug-likeness (QED) is 0.910. The Hall–Kier alpha value is -1.92. The van der Waals surface area contributed by atoms with E-state index >= 15 is 0 Å². The van der Waals surface area contributed by atoms with E-state index in [1.54, 1.807) is 11.3 Å². The summed E-state index contributed by atoms with van der Waals surface area (Å²) in [6, 6.07) is 5.79. The number of nitrogens with zero attached hydrogens (tertiary/aromatic N) is 1. The van der Waals surface area contributed by atoms with Crippen molar-refractivity contribution < 1.29 is 9.53 Å². The number of benzene rings is 1. The van der Waals surface area contributed by atoms with Crippen LogP contribution in [-0.2, 0) is 17.8 Å². The van der Waals surface area contributed by atoms with Gasteiger partial charge in [-0.3, -0.25) is 4.79 Å². The van der Waals surface area contributed by atoms with Crippen molar-refractivity contribution in [2.45, 2.75) is 32.0 Å². The molecule has 6 heteroatoms. The molecule has 1 aromatic carbocycles. The first-order valence-electron chi connectivity index (χ1n) is 7.51. The van der Waals surface area contributed by atoms with E-state index in [1.807, 2.05) is 24.4 Å². The first-order valence-corrected chi connectivity index (χ1v) is 8.33. The van der Waals surface area contributed by atoms with E-state index in [1.165, 1.54) is 4.88 Å². The molecule has 0 spiro atoms. The molecular formula is C16H17N3O2S. The Kier molecular flexibility index (Phi) is 3.56. The van der Waals surface area contributed by atoms with Gasteiger partial charge in [-0.05, 0) is 25.0 Å². The summed E-state index contributed by atoms with van der Waals surface area (Å²) in [6.45, 7) is 2.16. The largest absolute Gasteiger partial charge is 0.380 e. The number of thiazole rings is 1. The highest BCUT2D eigenvalue weighted by molar-refractivity contribution is 7.11. The Bertz CT molecular complexity index is 707. The van der Waals surface area contributed by atoms with Crippen LogP contribution in [0.5, 0.6) is 0 Å². The molecule has 1 fully saturated rings. The number of nitrogens with one attached hydrogen (secondary N) is 2. The zero-order valence-corrected chi connectivity index (χ0v) is 12.9. The van der Waals surface area contributed by atoms with Gasteiger partial charge in [0.25, 0.3) is 5.91 Å². The van der Waals surface area contributed by atoms with Crippen LogP contribution in [0.15, 0.2) is 24.4 Å². The summed E-state index contributed by atoms with van der Waals surface area (Å²) in [6.07, 6.45) is 4.29. The lowest BCUT2D eigenvalue weighted by Crippen LogP contribution is -2.12. The number of amides is 1. The van der Waals surface area contributed by atoms with Gasteiger partial charge in [-0.25, -0.2) is 4.98 Å². The van der Waals surface area contributed by atoms with Gasteiger partial charge in [-0.1, -0.05) is 6.07 Å². The molecule has 0 radical (unpaired) electrons. The maximum atomic E-state index is 11.7. The van der Waals surface area contributed by atoms with Crippen LogP contribution in [-0.4, -0.2) is 17.5 Å². The van der Waals surface area contributed by atoms with Crippen molar-refractivity contribution in [3.05, 3.63) is 45.4 Å². The Morgan fingerprint density at radius 3 is 3.27 bits per heavy atom. The smallest absolute Gasteiger partial charge is 0.251 e. The monoisotopic (exact) mass is 315 g/mol. The first-order chi connectivity index (χ1) is 10.8. The van der Waals surface area contributed by atoms with Crippen LogP contribution in [0.25, 0.3) is 0 Å². The summed E-state index contributed by atoms with van der Waals surface area (Å²) in [5.41, 5.74) is 2.84. The van der Waals surface area contributed by atoms with Gasteiger partial charge >= 0.3 is 0 Å². The van der Waals surface area contributed by atoms with E-state index in [4.69, 9.17) is 4.74 Å². The maximum Gasteiger partial charge on any atom is 0.251 e. The van der Waals surface area contributed by atoms with Crippen molar-refractivity contribution in [2.24, 2.45) is 0 Å². The van der Waals surface area contributed by atoms with Crippen LogP contribution in [0, 0.1) is 0 Å².